The Morgan fingerprint density at radius 3 is 2.65 bits per heavy atom. The molecule has 2 aromatic heterocycles. The first-order valence-electron chi connectivity index (χ1n) is 9.52. The minimum Gasteiger partial charge on any atom is -0.267 e. The molecule has 0 radical (unpaired) electrons. The Bertz CT molecular complexity index is 1340. The molecule has 2 heterocycles. The first-order chi connectivity index (χ1) is 15.1. The summed E-state index contributed by atoms with van der Waals surface area (Å²) >= 11 is 0. The second-order valence-electron chi connectivity index (χ2n) is 6.73. The number of hydrogen-bond donors (Lipinski definition) is 1. The van der Waals surface area contributed by atoms with Gasteiger partial charge < -0.3 is 0 Å². The maximum Gasteiger partial charge on any atom is 0.292 e. The van der Waals surface area contributed by atoms with Gasteiger partial charge in [0.05, 0.1) is 18.1 Å². The highest BCUT2D eigenvalue weighted by molar-refractivity contribution is 6.04. The van der Waals surface area contributed by atoms with Crippen LogP contribution in [0.25, 0.3) is 16.8 Å². The van der Waals surface area contributed by atoms with E-state index in [0.29, 0.717) is 23.0 Å². The zero-order valence-corrected chi connectivity index (χ0v) is 16.7. The molecule has 0 atom stereocenters. The molecule has 1 amide bonds. The smallest absolute Gasteiger partial charge is 0.267 e. The molecule has 2 aromatic carbocycles. The van der Waals surface area contributed by atoms with Crippen LogP contribution in [0.1, 0.15) is 21.7 Å². The van der Waals surface area contributed by atoms with Gasteiger partial charge in [0, 0.05) is 18.6 Å². The predicted molar refractivity (Wildman–Crippen MR) is 118 cm³/mol. The number of allylic oxidation sites excluding steroid dienone is 1. The number of hydrazone groups is 1. The molecule has 0 bridgehead atoms. The summed E-state index contributed by atoms with van der Waals surface area (Å²) in [5.74, 6) is -0.509. The molecular formula is C22H19N7O2. The van der Waals surface area contributed by atoms with E-state index in [9.17, 15) is 9.59 Å². The number of nitrogens with one attached hydrogen (secondary N) is 1. The Kier molecular flexibility index (Phi) is 5.75. The van der Waals surface area contributed by atoms with Crippen LogP contribution in [0.15, 0.2) is 76.8 Å². The molecule has 0 aliphatic heterocycles. The van der Waals surface area contributed by atoms with Crippen LogP contribution >= 0.6 is 0 Å². The van der Waals surface area contributed by atoms with Crippen molar-refractivity contribution in [2.75, 3.05) is 0 Å². The minimum absolute atomic E-state index is 0.127. The number of carbonyl (C=O) groups is 1. The standard InChI is InChI=1S/C22H19N7O2/c1-28-22(31)19-12-6-5-11-18(19)20(26-28)21(30)25-23-13-7-10-17-15-29(27-24-17)14-16-8-3-2-4-9-16/h2-13,15H,14H2,1H3,(H,25,30)/b10-7+,23-13-. The Balaban J connectivity index is 1.39. The summed E-state index contributed by atoms with van der Waals surface area (Å²) in [6, 6.07) is 16.8. The third kappa shape index (κ3) is 4.61. The van der Waals surface area contributed by atoms with Gasteiger partial charge in [-0.3, -0.25) is 9.59 Å². The quantitative estimate of drug-likeness (QED) is 0.384. The highest BCUT2D eigenvalue weighted by Gasteiger charge is 2.14. The van der Waals surface area contributed by atoms with Gasteiger partial charge in [0.15, 0.2) is 5.69 Å². The largest absolute Gasteiger partial charge is 0.292 e. The molecule has 0 spiro atoms. The molecule has 4 aromatic rings. The molecule has 0 fully saturated rings. The van der Waals surface area contributed by atoms with Crippen LogP contribution < -0.4 is 11.0 Å². The molecule has 9 heteroatoms. The second-order valence-corrected chi connectivity index (χ2v) is 6.73. The third-order valence-corrected chi connectivity index (χ3v) is 4.51. The zero-order chi connectivity index (χ0) is 21.6. The maximum atomic E-state index is 12.5. The molecule has 31 heavy (non-hydrogen) atoms. The number of amides is 1. The lowest BCUT2D eigenvalue weighted by atomic mass is 10.1. The molecule has 0 saturated carbocycles. The van der Waals surface area contributed by atoms with Crippen LogP contribution in [0.3, 0.4) is 0 Å². The summed E-state index contributed by atoms with van der Waals surface area (Å²) in [5, 5.41) is 17.0. The molecule has 154 valence electrons. The van der Waals surface area contributed by atoms with Gasteiger partial charge in [-0.15, -0.1) is 5.10 Å². The van der Waals surface area contributed by atoms with Crippen molar-refractivity contribution < 1.29 is 4.79 Å². The monoisotopic (exact) mass is 413 g/mol. The fourth-order valence-corrected chi connectivity index (χ4v) is 3.04. The van der Waals surface area contributed by atoms with Crippen molar-refractivity contribution in [3.05, 3.63) is 94.2 Å². The lowest BCUT2D eigenvalue weighted by Crippen LogP contribution is -2.27. The highest BCUT2D eigenvalue weighted by Crippen LogP contribution is 2.12. The van der Waals surface area contributed by atoms with Crippen molar-refractivity contribution >= 4 is 29.0 Å². The molecule has 9 nitrogen and oxygen atoms in total. The van der Waals surface area contributed by atoms with Crippen molar-refractivity contribution in [3.8, 4) is 0 Å². The topological polar surface area (TPSA) is 107 Å². The van der Waals surface area contributed by atoms with E-state index in [1.54, 1.807) is 41.1 Å². The van der Waals surface area contributed by atoms with Crippen LogP contribution in [-0.2, 0) is 13.6 Å². The Hall–Kier alpha value is -4.40. The van der Waals surface area contributed by atoms with Gasteiger partial charge in [-0.2, -0.15) is 10.2 Å². The molecule has 0 aliphatic rings. The van der Waals surface area contributed by atoms with E-state index in [1.165, 1.54) is 13.3 Å². The minimum atomic E-state index is -0.509. The Morgan fingerprint density at radius 1 is 1.10 bits per heavy atom. The maximum absolute atomic E-state index is 12.5. The van der Waals surface area contributed by atoms with Crippen molar-refractivity contribution in [1.82, 2.24) is 30.2 Å². The number of aryl methyl sites for hydroxylation is 1. The van der Waals surface area contributed by atoms with Gasteiger partial charge in [-0.25, -0.2) is 14.8 Å². The number of rotatable bonds is 6. The van der Waals surface area contributed by atoms with Gasteiger partial charge in [0.1, 0.15) is 5.69 Å². The molecule has 4 rings (SSSR count). The van der Waals surface area contributed by atoms with Crippen LogP contribution in [-0.4, -0.2) is 36.9 Å². The van der Waals surface area contributed by atoms with E-state index >= 15 is 0 Å². The summed E-state index contributed by atoms with van der Waals surface area (Å²) in [6.07, 6.45) is 6.61. The molecule has 0 unspecified atom stereocenters. The first-order valence-corrected chi connectivity index (χ1v) is 9.52. The number of aromatic nitrogens is 5. The molecule has 0 saturated heterocycles. The van der Waals surface area contributed by atoms with E-state index in [2.05, 4.69) is 25.9 Å². The van der Waals surface area contributed by atoms with E-state index in [-0.39, 0.29) is 11.3 Å². The van der Waals surface area contributed by atoms with Crippen molar-refractivity contribution in [3.63, 3.8) is 0 Å². The molecular weight excluding hydrogens is 394 g/mol. The Labute approximate surface area is 177 Å². The lowest BCUT2D eigenvalue weighted by molar-refractivity contribution is 0.0950. The second kappa shape index (κ2) is 8.95. The van der Waals surface area contributed by atoms with E-state index in [4.69, 9.17) is 0 Å². The van der Waals surface area contributed by atoms with Crippen LogP contribution in [0.4, 0.5) is 0 Å². The lowest BCUT2D eigenvalue weighted by Gasteiger charge is -2.06. The van der Waals surface area contributed by atoms with E-state index < -0.39 is 5.91 Å². The predicted octanol–water partition coefficient (Wildman–Crippen LogP) is 2.00. The summed E-state index contributed by atoms with van der Waals surface area (Å²) in [5.41, 5.74) is 4.08. The van der Waals surface area contributed by atoms with Crippen molar-refractivity contribution in [2.45, 2.75) is 6.54 Å². The fourth-order valence-electron chi connectivity index (χ4n) is 3.04. The number of carbonyl (C=O) groups excluding carboxylic acids is 1. The van der Waals surface area contributed by atoms with Crippen molar-refractivity contribution in [2.24, 2.45) is 12.1 Å². The van der Waals surface area contributed by atoms with E-state index in [1.807, 2.05) is 36.5 Å². The normalized spacial score (nSPS) is 11.5. The summed E-state index contributed by atoms with van der Waals surface area (Å²) < 4.78 is 2.88. The molecule has 1 N–H and O–H groups in total. The number of nitrogens with zero attached hydrogens (tertiary/aromatic N) is 6. The average Bonchev–Trinajstić information content (AvgIpc) is 3.23. The Morgan fingerprint density at radius 2 is 1.84 bits per heavy atom. The summed E-state index contributed by atoms with van der Waals surface area (Å²) in [6.45, 7) is 0.631. The van der Waals surface area contributed by atoms with Gasteiger partial charge >= 0.3 is 0 Å². The van der Waals surface area contributed by atoms with Crippen molar-refractivity contribution in [1.29, 1.82) is 0 Å². The number of hydrogen-bond acceptors (Lipinski definition) is 6. The van der Waals surface area contributed by atoms with Gasteiger partial charge in [0.25, 0.3) is 11.5 Å². The van der Waals surface area contributed by atoms with Gasteiger partial charge in [-0.05, 0) is 23.8 Å². The van der Waals surface area contributed by atoms with Crippen LogP contribution in [0.2, 0.25) is 0 Å². The first kappa shape index (κ1) is 19.9. The zero-order valence-electron chi connectivity index (χ0n) is 16.7. The highest BCUT2D eigenvalue weighted by atomic mass is 16.2. The summed E-state index contributed by atoms with van der Waals surface area (Å²) in [4.78, 5) is 24.6. The van der Waals surface area contributed by atoms with Gasteiger partial charge in [-0.1, -0.05) is 53.7 Å². The average molecular weight is 413 g/mol. The van der Waals surface area contributed by atoms with Gasteiger partial charge in [0.2, 0.25) is 0 Å². The number of fused-ring (bicyclic) bond motifs is 1. The van der Waals surface area contributed by atoms with Crippen LogP contribution in [0.5, 0.6) is 0 Å². The molecule has 0 aliphatic carbocycles. The van der Waals surface area contributed by atoms with Crippen LogP contribution in [0, 0.1) is 0 Å². The van der Waals surface area contributed by atoms with E-state index in [0.717, 1.165) is 10.2 Å². The SMILES string of the molecule is Cn1nc(C(=O)N/N=C\C=C\c2cn(Cc3ccccc3)nn2)c2ccccc2c1=O. The number of benzene rings is 2. The fraction of sp³-hybridized carbons (Fsp3) is 0.0909. The summed E-state index contributed by atoms with van der Waals surface area (Å²) in [7, 11) is 1.50. The third-order valence-electron chi connectivity index (χ3n) is 4.51.